The Labute approximate surface area is 115 Å². The lowest BCUT2D eigenvalue weighted by Gasteiger charge is -2.13. The number of nitrogen functional groups attached to an aromatic ring is 1. The molecule has 0 aromatic heterocycles. The van der Waals surface area contributed by atoms with Gasteiger partial charge in [-0.05, 0) is 52.2 Å². The number of hydrogen-bond donors (Lipinski definition) is 3. The summed E-state index contributed by atoms with van der Waals surface area (Å²) in [6, 6.07) is 5.35. The molecule has 0 aliphatic carbocycles. The zero-order valence-electron chi connectivity index (χ0n) is 12.0. The van der Waals surface area contributed by atoms with Crippen LogP contribution in [-0.4, -0.2) is 44.5 Å². The molecule has 19 heavy (non-hydrogen) atoms. The molecule has 0 saturated carbocycles. The average molecular weight is 264 g/mol. The maximum atomic E-state index is 11.7. The lowest BCUT2D eigenvalue weighted by molar-refractivity contribution is 0.0956. The molecule has 0 bridgehead atoms. The lowest BCUT2D eigenvalue weighted by atomic mass is 10.1. The first-order chi connectivity index (χ1) is 9.04. The van der Waals surface area contributed by atoms with Crippen molar-refractivity contribution in [2.24, 2.45) is 0 Å². The lowest BCUT2D eigenvalue weighted by Crippen LogP contribution is -2.22. The van der Waals surface area contributed by atoms with Crippen LogP contribution in [0.1, 0.15) is 23.7 Å². The van der Waals surface area contributed by atoms with Crippen molar-refractivity contribution in [2.45, 2.75) is 13.3 Å². The van der Waals surface area contributed by atoms with Gasteiger partial charge in [0.05, 0.1) is 11.4 Å². The molecule has 0 spiro atoms. The molecule has 1 aromatic carbocycles. The number of anilines is 2. The van der Waals surface area contributed by atoms with Crippen LogP contribution in [0.4, 0.5) is 11.4 Å². The third-order valence-corrected chi connectivity index (χ3v) is 2.75. The summed E-state index contributed by atoms with van der Waals surface area (Å²) in [6.45, 7) is 4.40. The minimum absolute atomic E-state index is 0.0895. The Morgan fingerprint density at radius 1 is 1.37 bits per heavy atom. The van der Waals surface area contributed by atoms with Crippen molar-refractivity contribution >= 4 is 17.3 Å². The highest BCUT2D eigenvalue weighted by molar-refractivity contribution is 5.96. The second-order valence-electron chi connectivity index (χ2n) is 4.75. The largest absolute Gasteiger partial charge is 0.397 e. The predicted octanol–water partition coefficient (Wildman–Crippen LogP) is 1.38. The summed E-state index contributed by atoms with van der Waals surface area (Å²) < 4.78 is 0. The zero-order valence-corrected chi connectivity index (χ0v) is 12.0. The molecule has 4 N–H and O–H groups in total. The normalized spacial score (nSPS) is 10.5. The van der Waals surface area contributed by atoms with Crippen LogP contribution in [0.5, 0.6) is 0 Å². The quantitative estimate of drug-likeness (QED) is 0.514. The maximum Gasteiger partial charge on any atom is 0.251 e. The van der Waals surface area contributed by atoms with Crippen molar-refractivity contribution < 1.29 is 4.79 Å². The van der Waals surface area contributed by atoms with E-state index in [1.807, 2.05) is 13.0 Å². The Morgan fingerprint density at radius 3 is 2.68 bits per heavy atom. The standard InChI is InChI=1S/C14H24N4O/c1-4-16-14(19)11-6-7-13(12(15)10-11)17-8-5-9-18(2)3/h6-7,10,17H,4-5,8-9,15H2,1-3H3,(H,16,19). The highest BCUT2D eigenvalue weighted by Crippen LogP contribution is 2.19. The van der Waals surface area contributed by atoms with Crippen molar-refractivity contribution in [2.75, 3.05) is 44.8 Å². The van der Waals surface area contributed by atoms with Gasteiger partial charge in [0.2, 0.25) is 0 Å². The van der Waals surface area contributed by atoms with Crippen LogP contribution in [0.15, 0.2) is 18.2 Å². The molecule has 0 aliphatic rings. The van der Waals surface area contributed by atoms with E-state index in [0.29, 0.717) is 17.8 Å². The summed E-state index contributed by atoms with van der Waals surface area (Å²) in [7, 11) is 4.10. The van der Waals surface area contributed by atoms with E-state index >= 15 is 0 Å². The summed E-state index contributed by atoms with van der Waals surface area (Å²) in [5.74, 6) is -0.0895. The molecule has 0 aliphatic heterocycles. The molecule has 0 fully saturated rings. The number of nitrogens with one attached hydrogen (secondary N) is 2. The third kappa shape index (κ3) is 5.18. The highest BCUT2D eigenvalue weighted by atomic mass is 16.1. The molecule has 1 amide bonds. The number of rotatable bonds is 7. The van der Waals surface area contributed by atoms with Crippen LogP contribution < -0.4 is 16.4 Å². The first-order valence-corrected chi connectivity index (χ1v) is 6.61. The molecular formula is C14H24N4O. The van der Waals surface area contributed by atoms with Crippen LogP contribution in [0.25, 0.3) is 0 Å². The van der Waals surface area contributed by atoms with Crippen molar-refractivity contribution in [1.82, 2.24) is 10.2 Å². The van der Waals surface area contributed by atoms with Crippen molar-refractivity contribution in [1.29, 1.82) is 0 Å². The zero-order chi connectivity index (χ0) is 14.3. The molecular weight excluding hydrogens is 240 g/mol. The first-order valence-electron chi connectivity index (χ1n) is 6.61. The Kier molecular flexibility index (Phi) is 6.15. The van der Waals surface area contributed by atoms with E-state index in [1.165, 1.54) is 0 Å². The fourth-order valence-corrected chi connectivity index (χ4v) is 1.75. The van der Waals surface area contributed by atoms with Crippen molar-refractivity contribution in [3.63, 3.8) is 0 Å². The Morgan fingerprint density at radius 2 is 2.11 bits per heavy atom. The Bertz CT molecular complexity index is 418. The van der Waals surface area contributed by atoms with Gasteiger partial charge < -0.3 is 21.3 Å². The van der Waals surface area contributed by atoms with E-state index in [2.05, 4.69) is 29.6 Å². The van der Waals surface area contributed by atoms with E-state index in [4.69, 9.17) is 5.73 Å². The van der Waals surface area contributed by atoms with E-state index in [-0.39, 0.29) is 5.91 Å². The molecule has 0 radical (unpaired) electrons. The summed E-state index contributed by atoms with van der Waals surface area (Å²) in [5, 5.41) is 6.04. The van der Waals surface area contributed by atoms with Gasteiger partial charge in [0, 0.05) is 18.7 Å². The van der Waals surface area contributed by atoms with E-state index < -0.39 is 0 Å². The summed E-state index contributed by atoms with van der Waals surface area (Å²) in [6.07, 6.45) is 1.05. The SMILES string of the molecule is CCNC(=O)c1ccc(NCCCN(C)C)c(N)c1. The van der Waals surface area contributed by atoms with E-state index in [0.717, 1.165) is 25.2 Å². The first kappa shape index (κ1) is 15.3. The second-order valence-corrected chi connectivity index (χ2v) is 4.75. The summed E-state index contributed by atoms with van der Waals surface area (Å²) in [5.41, 5.74) is 8.03. The number of hydrogen-bond acceptors (Lipinski definition) is 4. The molecule has 1 rings (SSSR count). The van der Waals surface area contributed by atoms with Crippen LogP contribution >= 0.6 is 0 Å². The summed E-state index contributed by atoms with van der Waals surface area (Å²) >= 11 is 0. The number of carbonyl (C=O) groups is 1. The molecule has 0 unspecified atom stereocenters. The molecule has 0 saturated heterocycles. The molecule has 0 atom stereocenters. The van der Waals surface area contributed by atoms with Crippen LogP contribution in [0.2, 0.25) is 0 Å². The average Bonchev–Trinajstić information content (AvgIpc) is 2.36. The fraction of sp³-hybridized carbons (Fsp3) is 0.500. The van der Waals surface area contributed by atoms with Gasteiger partial charge in [0.25, 0.3) is 5.91 Å². The van der Waals surface area contributed by atoms with Gasteiger partial charge in [-0.3, -0.25) is 4.79 Å². The number of carbonyl (C=O) groups excluding carboxylic acids is 1. The molecule has 5 heteroatoms. The van der Waals surface area contributed by atoms with Gasteiger partial charge in [0.15, 0.2) is 0 Å². The number of benzene rings is 1. The minimum Gasteiger partial charge on any atom is -0.397 e. The van der Waals surface area contributed by atoms with Crippen LogP contribution in [0, 0.1) is 0 Å². The van der Waals surface area contributed by atoms with E-state index in [1.54, 1.807) is 12.1 Å². The fourth-order valence-electron chi connectivity index (χ4n) is 1.75. The van der Waals surface area contributed by atoms with Gasteiger partial charge >= 0.3 is 0 Å². The van der Waals surface area contributed by atoms with Gasteiger partial charge in [-0.1, -0.05) is 0 Å². The molecule has 106 valence electrons. The third-order valence-electron chi connectivity index (χ3n) is 2.75. The number of amides is 1. The molecule has 1 aromatic rings. The summed E-state index contributed by atoms with van der Waals surface area (Å²) in [4.78, 5) is 13.8. The van der Waals surface area contributed by atoms with Crippen molar-refractivity contribution in [3.05, 3.63) is 23.8 Å². The number of nitrogens with zero attached hydrogens (tertiary/aromatic N) is 1. The monoisotopic (exact) mass is 264 g/mol. The predicted molar refractivity (Wildman–Crippen MR) is 80.5 cm³/mol. The number of nitrogens with two attached hydrogens (primary N) is 1. The molecule has 0 heterocycles. The van der Waals surface area contributed by atoms with Crippen LogP contribution in [0.3, 0.4) is 0 Å². The van der Waals surface area contributed by atoms with E-state index in [9.17, 15) is 4.79 Å². The Hall–Kier alpha value is -1.75. The second kappa shape index (κ2) is 7.63. The van der Waals surface area contributed by atoms with Crippen LogP contribution in [-0.2, 0) is 0 Å². The smallest absolute Gasteiger partial charge is 0.251 e. The molecule has 5 nitrogen and oxygen atoms in total. The maximum absolute atomic E-state index is 11.7. The highest BCUT2D eigenvalue weighted by Gasteiger charge is 2.06. The topological polar surface area (TPSA) is 70.4 Å². The minimum atomic E-state index is -0.0895. The van der Waals surface area contributed by atoms with Gasteiger partial charge in [-0.2, -0.15) is 0 Å². The van der Waals surface area contributed by atoms with Gasteiger partial charge in [0.1, 0.15) is 0 Å². The Balaban J connectivity index is 2.55. The van der Waals surface area contributed by atoms with Gasteiger partial charge in [-0.25, -0.2) is 0 Å². The van der Waals surface area contributed by atoms with Crippen molar-refractivity contribution in [3.8, 4) is 0 Å². The van der Waals surface area contributed by atoms with Gasteiger partial charge in [-0.15, -0.1) is 0 Å².